The number of nitrogens with one attached hydrogen (secondary N) is 1. The van der Waals surface area contributed by atoms with E-state index in [4.69, 9.17) is 13.6 Å². The highest BCUT2D eigenvalue weighted by molar-refractivity contribution is 5.90. The van der Waals surface area contributed by atoms with E-state index >= 15 is 4.39 Å². The Bertz CT molecular complexity index is 1550. The summed E-state index contributed by atoms with van der Waals surface area (Å²) in [6.45, 7) is 2.38. The molecule has 37 heavy (non-hydrogen) atoms. The van der Waals surface area contributed by atoms with E-state index in [2.05, 4.69) is 25.3 Å². The molecule has 3 aromatic heterocycles. The number of anilines is 1. The van der Waals surface area contributed by atoms with Crippen molar-refractivity contribution in [2.24, 2.45) is 0 Å². The number of aromatic nitrogens is 5. The fourth-order valence-corrected chi connectivity index (χ4v) is 5.01. The number of benzene rings is 1. The highest BCUT2D eigenvalue weighted by Gasteiger charge is 2.30. The second-order valence-electron chi connectivity index (χ2n) is 9.25. The van der Waals surface area contributed by atoms with Crippen LogP contribution < -0.4 is 10.1 Å². The van der Waals surface area contributed by atoms with Crippen molar-refractivity contribution in [1.29, 1.82) is 0 Å². The van der Waals surface area contributed by atoms with Crippen molar-refractivity contribution < 1.29 is 31.1 Å². The lowest BCUT2D eigenvalue weighted by atomic mass is 10.0. The van der Waals surface area contributed by atoms with Crippen LogP contribution in [0, 0.1) is 11.6 Å². The van der Waals surface area contributed by atoms with Gasteiger partial charge in [-0.3, -0.25) is 4.90 Å². The van der Waals surface area contributed by atoms with E-state index in [0.29, 0.717) is 6.04 Å². The van der Waals surface area contributed by atoms with Crippen LogP contribution in [0.3, 0.4) is 0 Å². The molecular weight excluding hydrogens is 494 g/mol. The molecule has 5 heterocycles. The molecule has 9 nitrogen and oxygen atoms in total. The molecule has 0 unspecified atom stereocenters. The van der Waals surface area contributed by atoms with E-state index in [0.717, 1.165) is 66.8 Å². The number of ether oxygens (including phenoxy) is 2. The third-order valence-electron chi connectivity index (χ3n) is 6.95. The Morgan fingerprint density at radius 3 is 2.73 bits per heavy atom. The highest BCUT2D eigenvalue weighted by atomic mass is 19.3. The molecule has 0 radical (unpaired) electrons. The van der Waals surface area contributed by atoms with Crippen LogP contribution in [0.5, 0.6) is 5.88 Å². The van der Waals surface area contributed by atoms with Crippen molar-refractivity contribution >= 4 is 22.5 Å². The van der Waals surface area contributed by atoms with Gasteiger partial charge in [0.2, 0.25) is 11.8 Å². The van der Waals surface area contributed by atoms with Crippen molar-refractivity contribution in [2.45, 2.75) is 37.9 Å². The summed E-state index contributed by atoms with van der Waals surface area (Å²) < 4.78 is 91.9. The van der Waals surface area contributed by atoms with Crippen LogP contribution in [0.25, 0.3) is 27.7 Å². The molecule has 1 aromatic carbocycles. The predicted octanol–water partition coefficient (Wildman–Crippen LogP) is 3.57. The summed E-state index contributed by atoms with van der Waals surface area (Å²) in [6.07, 6.45) is 0.914. The lowest BCUT2D eigenvalue weighted by Gasteiger charge is -2.41. The van der Waals surface area contributed by atoms with Crippen LogP contribution in [-0.4, -0.2) is 80.9 Å². The topological polar surface area (TPSA) is 81.7 Å². The quantitative estimate of drug-likeness (QED) is 0.372. The van der Waals surface area contributed by atoms with Crippen LogP contribution in [0.4, 0.5) is 23.5 Å². The minimum atomic E-state index is -2.94. The molecule has 4 aromatic rings. The van der Waals surface area contributed by atoms with Gasteiger partial charge in [-0.1, -0.05) is 0 Å². The molecule has 2 fully saturated rings. The van der Waals surface area contributed by atoms with Gasteiger partial charge in [-0.15, -0.1) is 5.10 Å². The summed E-state index contributed by atoms with van der Waals surface area (Å²) in [4.78, 5) is 10.5. The first-order valence-corrected chi connectivity index (χ1v) is 11.8. The predicted molar refractivity (Wildman–Crippen MR) is 127 cm³/mol. The van der Waals surface area contributed by atoms with Gasteiger partial charge in [0.1, 0.15) is 11.0 Å². The number of likely N-dealkylation sites (tertiary alicyclic amines) is 1. The maximum atomic E-state index is 15.4. The first kappa shape index (κ1) is 20.6. The maximum absolute atomic E-state index is 15.4. The SMILES string of the molecule is [2H]C([2H])([2H])Oc1nc(NC2CCN(C3COC3)CC2)nn2cc(F)c(-c3cc(F)c4ncn(CC(F)F)c4c3)c12. The van der Waals surface area contributed by atoms with Gasteiger partial charge in [-0.2, -0.15) is 4.98 Å². The van der Waals surface area contributed by atoms with Crippen molar-refractivity contribution in [2.75, 3.05) is 38.7 Å². The number of hydrogen-bond donors (Lipinski definition) is 1. The minimum absolute atomic E-state index is 0.0122. The highest BCUT2D eigenvalue weighted by Crippen LogP contribution is 2.36. The second-order valence-corrected chi connectivity index (χ2v) is 9.25. The summed E-state index contributed by atoms with van der Waals surface area (Å²) in [5.74, 6) is -2.13. The molecule has 0 saturated carbocycles. The van der Waals surface area contributed by atoms with Gasteiger partial charge in [0.05, 0.1) is 60.6 Å². The summed E-state index contributed by atoms with van der Waals surface area (Å²) in [5, 5.41) is 7.52. The molecule has 1 N–H and O–H groups in total. The first-order valence-electron chi connectivity index (χ1n) is 13.3. The Morgan fingerprint density at radius 2 is 2.03 bits per heavy atom. The third-order valence-corrected chi connectivity index (χ3v) is 6.95. The molecule has 0 spiro atoms. The second kappa shape index (κ2) is 9.45. The van der Waals surface area contributed by atoms with Crippen molar-refractivity contribution in [1.82, 2.24) is 29.0 Å². The Hall–Kier alpha value is -3.45. The van der Waals surface area contributed by atoms with Gasteiger partial charge < -0.3 is 19.4 Å². The number of alkyl halides is 2. The zero-order chi connectivity index (χ0) is 28.2. The van der Waals surface area contributed by atoms with Crippen molar-refractivity contribution in [3.8, 4) is 17.0 Å². The maximum Gasteiger partial charge on any atom is 0.256 e. The Kier molecular flexibility index (Phi) is 5.26. The van der Waals surface area contributed by atoms with E-state index in [1.54, 1.807) is 0 Å². The number of rotatable bonds is 7. The van der Waals surface area contributed by atoms with Crippen LogP contribution in [-0.2, 0) is 11.3 Å². The number of methoxy groups -OCH3 is 1. The molecule has 0 amide bonds. The Balaban J connectivity index is 1.38. The van der Waals surface area contributed by atoms with E-state index in [-0.39, 0.29) is 39.7 Å². The molecule has 6 rings (SSSR count). The molecule has 0 bridgehead atoms. The summed E-state index contributed by atoms with van der Waals surface area (Å²) in [7, 11) is -2.94. The number of imidazole rings is 1. The number of hydrogen-bond acceptors (Lipinski definition) is 7. The average molecular weight is 523 g/mol. The molecule has 0 aliphatic carbocycles. The van der Waals surface area contributed by atoms with E-state index in [9.17, 15) is 13.2 Å². The molecule has 2 aliphatic heterocycles. The van der Waals surface area contributed by atoms with E-state index in [1.165, 1.54) is 6.07 Å². The van der Waals surface area contributed by atoms with Crippen LogP contribution >= 0.6 is 0 Å². The van der Waals surface area contributed by atoms with E-state index in [1.807, 2.05) is 0 Å². The molecule has 2 saturated heterocycles. The standard InChI is InChI=1S/C24H25F4N7O2/c1-36-23-22-20(13-6-16(25)21-18(7-13)34(12-29-21)9-19(27)28)17(26)8-35(22)32-24(31-23)30-14-2-4-33(5-3-14)15-10-37-11-15/h6-8,12,14-15,19H,2-5,9-11H2,1H3,(H,30,32)/i1D3. The average Bonchev–Trinajstić information content (AvgIpc) is 3.38. The first-order chi connectivity index (χ1) is 19.1. The smallest absolute Gasteiger partial charge is 0.256 e. The number of fused-ring (bicyclic) bond motifs is 2. The van der Waals surface area contributed by atoms with Crippen molar-refractivity contribution in [3.05, 3.63) is 36.3 Å². The zero-order valence-electron chi connectivity index (χ0n) is 22.5. The van der Waals surface area contributed by atoms with Gasteiger partial charge in [-0.05, 0) is 30.5 Å². The van der Waals surface area contributed by atoms with Gasteiger partial charge in [0.25, 0.3) is 6.43 Å². The van der Waals surface area contributed by atoms with Gasteiger partial charge >= 0.3 is 0 Å². The number of nitrogens with zero attached hydrogens (tertiary/aromatic N) is 6. The Labute approximate surface area is 213 Å². The monoisotopic (exact) mass is 522 g/mol. The summed E-state index contributed by atoms with van der Waals surface area (Å²) in [6, 6.07) is 2.71. The normalized spacial score (nSPS) is 19.2. The largest absolute Gasteiger partial charge is 0.479 e. The van der Waals surface area contributed by atoms with Crippen LogP contribution in [0.1, 0.15) is 17.0 Å². The molecule has 0 atom stereocenters. The summed E-state index contributed by atoms with van der Waals surface area (Å²) in [5.41, 5.74) is -0.588. The molecule has 196 valence electrons. The Morgan fingerprint density at radius 1 is 1.22 bits per heavy atom. The lowest BCUT2D eigenvalue weighted by Crippen LogP contribution is -2.53. The van der Waals surface area contributed by atoms with Crippen LogP contribution in [0.2, 0.25) is 0 Å². The molecule has 13 heteroatoms. The van der Waals surface area contributed by atoms with Gasteiger partial charge in [-0.25, -0.2) is 27.1 Å². The number of piperidine rings is 1. The van der Waals surface area contributed by atoms with Gasteiger partial charge in [0, 0.05) is 19.1 Å². The van der Waals surface area contributed by atoms with Crippen LogP contribution in [0.15, 0.2) is 24.7 Å². The number of halogens is 4. The van der Waals surface area contributed by atoms with Crippen molar-refractivity contribution in [3.63, 3.8) is 0 Å². The molecular formula is C24H25F4N7O2. The molecule has 2 aliphatic rings. The fraction of sp³-hybridized carbons (Fsp3) is 0.458. The third kappa shape index (κ3) is 4.35. The fourth-order valence-electron chi connectivity index (χ4n) is 5.01. The lowest BCUT2D eigenvalue weighted by molar-refractivity contribution is -0.0705. The van der Waals surface area contributed by atoms with E-state index < -0.39 is 37.5 Å². The zero-order valence-corrected chi connectivity index (χ0v) is 19.5. The van der Waals surface area contributed by atoms with Gasteiger partial charge in [0.15, 0.2) is 11.6 Å². The summed E-state index contributed by atoms with van der Waals surface area (Å²) >= 11 is 0. The minimum Gasteiger partial charge on any atom is -0.479 e.